The molecule has 7 nitrogen and oxygen atoms in total. The lowest BCUT2D eigenvalue weighted by atomic mass is 10.2. The van der Waals surface area contributed by atoms with Crippen LogP contribution in [0.1, 0.15) is 36.2 Å². The fourth-order valence-electron chi connectivity index (χ4n) is 2.45. The molecule has 3 heterocycles. The standard InChI is InChI=1S/C14H17N5O2/c1-9-10(2)21-13(17-9)18-14(20)19-8-3-5-11(19)12-15-6-4-7-16-12/h4,6-7,11H,3,5,8H2,1-2H3,(H,17,18,20). The minimum atomic E-state index is -0.230. The fourth-order valence-corrected chi connectivity index (χ4v) is 2.45. The summed E-state index contributed by atoms with van der Waals surface area (Å²) >= 11 is 0. The molecular formula is C14H17N5O2. The van der Waals surface area contributed by atoms with E-state index in [0.717, 1.165) is 18.5 Å². The Labute approximate surface area is 122 Å². The van der Waals surface area contributed by atoms with Crippen molar-refractivity contribution in [3.05, 3.63) is 35.7 Å². The molecule has 0 saturated carbocycles. The van der Waals surface area contributed by atoms with E-state index < -0.39 is 0 Å². The second-order valence-electron chi connectivity index (χ2n) is 5.05. The van der Waals surface area contributed by atoms with Crippen molar-refractivity contribution in [1.29, 1.82) is 0 Å². The average Bonchev–Trinajstić information content (AvgIpc) is 3.07. The van der Waals surface area contributed by atoms with E-state index >= 15 is 0 Å². The number of carbonyl (C=O) groups is 1. The minimum Gasteiger partial charge on any atom is -0.428 e. The molecule has 0 bridgehead atoms. The molecule has 0 radical (unpaired) electrons. The number of aryl methyl sites for hydroxylation is 2. The molecule has 1 unspecified atom stereocenters. The van der Waals surface area contributed by atoms with Crippen LogP contribution in [-0.4, -0.2) is 32.4 Å². The Morgan fingerprint density at radius 2 is 2.14 bits per heavy atom. The number of nitrogens with one attached hydrogen (secondary N) is 1. The lowest BCUT2D eigenvalue weighted by molar-refractivity contribution is 0.204. The highest BCUT2D eigenvalue weighted by Crippen LogP contribution is 2.30. The van der Waals surface area contributed by atoms with Crippen LogP contribution >= 0.6 is 0 Å². The van der Waals surface area contributed by atoms with Crippen molar-refractivity contribution in [3.63, 3.8) is 0 Å². The van der Waals surface area contributed by atoms with Gasteiger partial charge in [0.1, 0.15) is 5.76 Å². The van der Waals surface area contributed by atoms with Crippen molar-refractivity contribution in [1.82, 2.24) is 19.9 Å². The van der Waals surface area contributed by atoms with Gasteiger partial charge in [-0.15, -0.1) is 0 Å². The van der Waals surface area contributed by atoms with E-state index in [-0.39, 0.29) is 18.1 Å². The van der Waals surface area contributed by atoms with Gasteiger partial charge in [0.2, 0.25) is 0 Å². The maximum atomic E-state index is 12.4. The Kier molecular flexibility index (Phi) is 3.55. The van der Waals surface area contributed by atoms with Gasteiger partial charge in [-0.05, 0) is 32.8 Å². The zero-order valence-electron chi connectivity index (χ0n) is 12.0. The Morgan fingerprint density at radius 1 is 1.38 bits per heavy atom. The van der Waals surface area contributed by atoms with Crippen LogP contribution in [0.5, 0.6) is 0 Å². The van der Waals surface area contributed by atoms with Gasteiger partial charge in [0.15, 0.2) is 5.82 Å². The molecule has 0 aliphatic carbocycles. The Bertz CT molecular complexity index is 621. The molecular weight excluding hydrogens is 270 g/mol. The van der Waals surface area contributed by atoms with Crippen molar-refractivity contribution in [2.45, 2.75) is 32.7 Å². The van der Waals surface area contributed by atoms with E-state index in [4.69, 9.17) is 4.42 Å². The molecule has 1 fully saturated rings. The van der Waals surface area contributed by atoms with Crippen LogP contribution in [-0.2, 0) is 0 Å². The van der Waals surface area contributed by atoms with Crippen LogP contribution in [0.4, 0.5) is 10.8 Å². The van der Waals surface area contributed by atoms with Gasteiger partial charge in [0, 0.05) is 18.9 Å². The van der Waals surface area contributed by atoms with Gasteiger partial charge in [-0.3, -0.25) is 5.32 Å². The predicted molar refractivity (Wildman–Crippen MR) is 75.7 cm³/mol. The van der Waals surface area contributed by atoms with Crippen LogP contribution < -0.4 is 5.32 Å². The van der Waals surface area contributed by atoms with Crippen molar-refractivity contribution in [2.24, 2.45) is 0 Å². The third kappa shape index (κ3) is 2.72. The van der Waals surface area contributed by atoms with Crippen molar-refractivity contribution in [2.75, 3.05) is 11.9 Å². The van der Waals surface area contributed by atoms with Gasteiger partial charge >= 0.3 is 12.0 Å². The molecule has 0 spiro atoms. The summed E-state index contributed by atoms with van der Waals surface area (Å²) in [5, 5.41) is 2.70. The first-order valence-electron chi connectivity index (χ1n) is 6.93. The number of urea groups is 1. The summed E-state index contributed by atoms with van der Waals surface area (Å²) < 4.78 is 5.38. The number of hydrogen-bond donors (Lipinski definition) is 1. The smallest absolute Gasteiger partial charge is 0.326 e. The maximum absolute atomic E-state index is 12.4. The highest BCUT2D eigenvalue weighted by molar-refractivity contribution is 5.87. The van der Waals surface area contributed by atoms with Gasteiger partial charge in [-0.2, -0.15) is 4.98 Å². The summed E-state index contributed by atoms with van der Waals surface area (Å²) in [6.07, 6.45) is 5.18. The van der Waals surface area contributed by atoms with Crippen molar-refractivity contribution in [3.8, 4) is 0 Å². The number of carbonyl (C=O) groups excluding carboxylic acids is 1. The summed E-state index contributed by atoms with van der Waals surface area (Å²) in [6, 6.07) is 1.67. The third-order valence-electron chi connectivity index (χ3n) is 3.64. The second kappa shape index (κ2) is 5.51. The van der Waals surface area contributed by atoms with Crippen LogP contribution in [0.15, 0.2) is 22.9 Å². The van der Waals surface area contributed by atoms with E-state index in [9.17, 15) is 4.79 Å². The van der Waals surface area contributed by atoms with Crippen LogP contribution in [0, 0.1) is 13.8 Å². The molecule has 110 valence electrons. The van der Waals surface area contributed by atoms with Gasteiger partial charge in [0.25, 0.3) is 0 Å². The third-order valence-corrected chi connectivity index (χ3v) is 3.64. The quantitative estimate of drug-likeness (QED) is 0.917. The number of anilines is 1. The number of likely N-dealkylation sites (tertiary alicyclic amines) is 1. The molecule has 1 atom stereocenters. The summed E-state index contributed by atoms with van der Waals surface area (Å²) in [5.41, 5.74) is 0.773. The first-order valence-corrected chi connectivity index (χ1v) is 6.93. The van der Waals surface area contributed by atoms with Crippen molar-refractivity contribution < 1.29 is 9.21 Å². The van der Waals surface area contributed by atoms with Crippen LogP contribution in [0.3, 0.4) is 0 Å². The predicted octanol–water partition coefficient (Wildman–Crippen LogP) is 2.45. The molecule has 2 amide bonds. The lowest BCUT2D eigenvalue weighted by Gasteiger charge is -2.22. The van der Waals surface area contributed by atoms with E-state index in [1.54, 1.807) is 23.4 Å². The largest absolute Gasteiger partial charge is 0.428 e. The molecule has 1 aliphatic rings. The summed E-state index contributed by atoms with van der Waals surface area (Å²) in [4.78, 5) is 26.8. The highest BCUT2D eigenvalue weighted by atomic mass is 16.4. The fraction of sp³-hybridized carbons (Fsp3) is 0.429. The zero-order valence-corrected chi connectivity index (χ0v) is 12.0. The Morgan fingerprint density at radius 3 is 2.81 bits per heavy atom. The molecule has 7 heteroatoms. The van der Waals surface area contributed by atoms with Gasteiger partial charge < -0.3 is 9.32 Å². The van der Waals surface area contributed by atoms with Gasteiger partial charge in [-0.1, -0.05) is 0 Å². The molecule has 1 saturated heterocycles. The minimum absolute atomic E-state index is 0.0941. The number of nitrogens with zero attached hydrogens (tertiary/aromatic N) is 4. The topological polar surface area (TPSA) is 84.2 Å². The number of hydrogen-bond acceptors (Lipinski definition) is 5. The molecule has 1 N–H and O–H groups in total. The summed E-state index contributed by atoms with van der Waals surface area (Å²) in [5.74, 6) is 1.37. The number of amides is 2. The molecule has 2 aromatic heterocycles. The molecule has 3 rings (SSSR count). The van der Waals surface area contributed by atoms with Crippen molar-refractivity contribution >= 4 is 12.0 Å². The van der Waals surface area contributed by atoms with E-state index in [1.165, 1.54) is 0 Å². The zero-order chi connectivity index (χ0) is 14.8. The molecule has 2 aromatic rings. The number of rotatable bonds is 2. The van der Waals surface area contributed by atoms with Crippen LogP contribution in [0.2, 0.25) is 0 Å². The lowest BCUT2D eigenvalue weighted by Crippen LogP contribution is -2.35. The number of oxazole rings is 1. The average molecular weight is 287 g/mol. The SMILES string of the molecule is Cc1nc(NC(=O)N2CCCC2c2ncccn2)oc1C. The molecule has 1 aliphatic heterocycles. The van der Waals surface area contributed by atoms with E-state index in [0.29, 0.717) is 18.1 Å². The summed E-state index contributed by atoms with van der Waals surface area (Å²) in [6.45, 7) is 4.33. The highest BCUT2D eigenvalue weighted by Gasteiger charge is 2.32. The molecule has 0 aromatic carbocycles. The normalized spacial score (nSPS) is 18.0. The monoisotopic (exact) mass is 287 g/mol. The Hall–Kier alpha value is -2.44. The second-order valence-corrected chi connectivity index (χ2v) is 5.05. The van der Waals surface area contributed by atoms with E-state index in [1.807, 2.05) is 13.8 Å². The first-order chi connectivity index (χ1) is 10.1. The van der Waals surface area contributed by atoms with E-state index in [2.05, 4.69) is 20.3 Å². The van der Waals surface area contributed by atoms with Gasteiger partial charge in [-0.25, -0.2) is 14.8 Å². The maximum Gasteiger partial charge on any atom is 0.326 e. The number of aromatic nitrogens is 3. The first kappa shape index (κ1) is 13.5. The molecule has 21 heavy (non-hydrogen) atoms. The van der Waals surface area contributed by atoms with Gasteiger partial charge in [0.05, 0.1) is 11.7 Å². The van der Waals surface area contributed by atoms with Crippen LogP contribution in [0.25, 0.3) is 0 Å². The summed E-state index contributed by atoms with van der Waals surface area (Å²) in [7, 11) is 0. The Balaban J connectivity index is 1.74.